The lowest BCUT2D eigenvalue weighted by atomic mass is 10.1. The summed E-state index contributed by atoms with van der Waals surface area (Å²) in [6, 6.07) is 14.5. The fraction of sp³-hybridized carbons (Fsp3) is 0.130. The number of ether oxygens (including phenoxy) is 1. The molecule has 1 aliphatic rings. The lowest BCUT2D eigenvalue weighted by molar-refractivity contribution is -0.0186. The monoisotopic (exact) mass is 478 g/mol. The second-order valence-electron chi connectivity index (χ2n) is 7.35. The molecule has 0 aliphatic carbocycles. The van der Waals surface area contributed by atoms with Crippen molar-refractivity contribution in [3.8, 4) is 0 Å². The molecule has 0 radical (unpaired) electrons. The van der Waals surface area contributed by atoms with Crippen LogP contribution in [0.2, 0.25) is 0 Å². The van der Waals surface area contributed by atoms with E-state index in [0.29, 0.717) is 11.3 Å². The van der Waals surface area contributed by atoms with Crippen LogP contribution in [0.3, 0.4) is 0 Å². The van der Waals surface area contributed by atoms with Crippen LogP contribution < -0.4 is 10.5 Å². The molecule has 174 valence electrons. The molecule has 0 bridgehead atoms. The first-order valence-electron chi connectivity index (χ1n) is 10.2. The predicted octanol–water partition coefficient (Wildman–Crippen LogP) is 2.60. The summed E-state index contributed by atoms with van der Waals surface area (Å²) in [5, 5.41) is 5.50. The predicted molar refractivity (Wildman–Crippen MR) is 128 cm³/mol. The Labute approximate surface area is 196 Å². The summed E-state index contributed by atoms with van der Waals surface area (Å²) in [6.45, 7) is 0. The number of methoxy groups -OCH3 is 1. The fourth-order valence-electron chi connectivity index (χ4n) is 3.29. The molecule has 10 nitrogen and oxygen atoms in total. The van der Waals surface area contributed by atoms with Gasteiger partial charge in [0.25, 0.3) is 15.9 Å². The molecule has 3 N–H and O–H groups in total. The summed E-state index contributed by atoms with van der Waals surface area (Å²) in [5.41, 5.74) is 7.46. The zero-order chi connectivity index (χ0) is 24.1. The van der Waals surface area contributed by atoms with Crippen LogP contribution in [0.15, 0.2) is 83.1 Å². The van der Waals surface area contributed by atoms with Crippen LogP contribution in [0.5, 0.6) is 0 Å². The van der Waals surface area contributed by atoms with Crippen molar-refractivity contribution in [3.05, 3.63) is 84.2 Å². The van der Waals surface area contributed by atoms with Crippen LogP contribution in [-0.2, 0) is 14.8 Å². The van der Waals surface area contributed by atoms with Gasteiger partial charge in [-0.1, -0.05) is 24.3 Å². The Morgan fingerprint density at radius 2 is 1.76 bits per heavy atom. The minimum Gasteiger partial charge on any atom is -0.399 e. The van der Waals surface area contributed by atoms with E-state index in [1.54, 1.807) is 48.7 Å². The maximum atomic E-state index is 12.8. The number of nitrogen functional groups attached to an aromatic ring is 1. The summed E-state index contributed by atoms with van der Waals surface area (Å²) in [7, 11) is -2.31. The van der Waals surface area contributed by atoms with Crippen molar-refractivity contribution in [2.75, 3.05) is 17.6 Å². The van der Waals surface area contributed by atoms with E-state index >= 15 is 0 Å². The Morgan fingerprint density at radius 3 is 2.41 bits per heavy atom. The molecule has 0 fully saturated rings. The first kappa shape index (κ1) is 23.1. The van der Waals surface area contributed by atoms with Gasteiger partial charge >= 0.3 is 0 Å². The van der Waals surface area contributed by atoms with E-state index in [4.69, 9.17) is 10.5 Å². The summed E-state index contributed by atoms with van der Waals surface area (Å²) in [5.74, 6) is -0.595. The Hall–Kier alpha value is -4.09. The number of benzene rings is 2. The largest absolute Gasteiger partial charge is 0.399 e. The molecule has 0 saturated heterocycles. The van der Waals surface area contributed by atoms with E-state index in [2.05, 4.69) is 19.8 Å². The third-order valence-electron chi connectivity index (χ3n) is 5.03. The molecule has 3 aromatic rings. The van der Waals surface area contributed by atoms with Crippen molar-refractivity contribution in [2.45, 2.75) is 11.1 Å². The molecule has 2 unspecified atom stereocenters. The van der Waals surface area contributed by atoms with Crippen LogP contribution in [-0.4, -0.2) is 48.9 Å². The molecular weight excluding hydrogens is 456 g/mol. The molecular formula is C23H22N6O4S. The van der Waals surface area contributed by atoms with Gasteiger partial charge in [0.1, 0.15) is 0 Å². The first-order chi connectivity index (χ1) is 16.4. The van der Waals surface area contributed by atoms with Crippen LogP contribution in [0, 0.1) is 5.92 Å². The van der Waals surface area contributed by atoms with Crippen LogP contribution in [0.1, 0.15) is 15.9 Å². The molecule has 34 heavy (non-hydrogen) atoms. The Bertz CT molecular complexity index is 1310. The van der Waals surface area contributed by atoms with Crippen LogP contribution in [0.4, 0.5) is 11.6 Å². The number of anilines is 2. The van der Waals surface area contributed by atoms with E-state index in [9.17, 15) is 13.2 Å². The molecule has 0 saturated carbocycles. The topological polar surface area (TPSA) is 140 Å². The molecule has 4 rings (SSSR count). The molecule has 0 spiro atoms. The molecule has 1 aliphatic heterocycles. The maximum absolute atomic E-state index is 12.8. The van der Waals surface area contributed by atoms with E-state index in [-0.39, 0.29) is 22.7 Å². The van der Waals surface area contributed by atoms with Gasteiger partial charge in [0, 0.05) is 37.0 Å². The fourth-order valence-corrected chi connectivity index (χ4v) is 4.25. The standard InChI is InChI=1S/C23H22N6O4S/c1-33-22-18(15-27-29(22)21(30)17-7-9-19(24)10-8-17)6-3-16-4-11-20(12-5-16)34(31,32)28-23-25-13-2-14-26-23/h2-15,18,22H,24H2,1H3,(H,25,26,28)/b6-3+. The summed E-state index contributed by atoms with van der Waals surface area (Å²) >= 11 is 0. The van der Waals surface area contributed by atoms with E-state index < -0.39 is 16.3 Å². The van der Waals surface area contributed by atoms with E-state index in [0.717, 1.165) is 5.56 Å². The number of hydrazone groups is 1. The quantitative estimate of drug-likeness (QED) is 0.498. The number of nitrogens with two attached hydrogens (primary N) is 1. The molecule has 2 aromatic carbocycles. The summed E-state index contributed by atoms with van der Waals surface area (Å²) in [6.07, 6.45) is 7.56. The van der Waals surface area contributed by atoms with E-state index in [1.807, 2.05) is 12.2 Å². The number of hydrogen-bond acceptors (Lipinski definition) is 8. The van der Waals surface area contributed by atoms with Crippen molar-refractivity contribution in [1.82, 2.24) is 15.0 Å². The van der Waals surface area contributed by atoms with Crippen molar-refractivity contribution >= 4 is 39.9 Å². The van der Waals surface area contributed by atoms with Crippen molar-refractivity contribution in [1.29, 1.82) is 0 Å². The third kappa shape index (κ3) is 5.11. The van der Waals surface area contributed by atoms with Gasteiger partial charge in [-0.25, -0.2) is 23.1 Å². The Morgan fingerprint density at radius 1 is 1.09 bits per heavy atom. The lowest BCUT2D eigenvalue weighted by Gasteiger charge is -2.23. The highest BCUT2D eigenvalue weighted by Gasteiger charge is 2.34. The molecule has 2 atom stereocenters. The average molecular weight is 479 g/mol. The van der Waals surface area contributed by atoms with Crippen molar-refractivity contribution in [3.63, 3.8) is 0 Å². The average Bonchev–Trinajstić information content (AvgIpc) is 3.26. The smallest absolute Gasteiger partial charge is 0.276 e. The molecule has 1 aromatic heterocycles. The number of nitrogens with zero attached hydrogens (tertiary/aromatic N) is 4. The number of carbonyl (C=O) groups is 1. The van der Waals surface area contributed by atoms with Crippen LogP contribution in [0.25, 0.3) is 6.08 Å². The summed E-state index contributed by atoms with van der Waals surface area (Å²) in [4.78, 5) is 20.6. The zero-order valence-corrected chi connectivity index (χ0v) is 19.0. The van der Waals surface area contributed by atoms with Crippen molar-refractivity contribution < 1.29 is 17.9 Å². The zero-order valence-electron chi connectivity index (χ0n) is 18.1. The maximum Gasteiger partial charge on any atom is 0.276 e. The third-order valence-corrected chi connectivity index (χ3v) is 6.38. The number of sulfonamides is 1. The second-order valence-corrected chi connectivity index (χ2v) is 9.03. The van der Waals surface area contributed by atoms with Gasteiger partial charge in [0.15, 0.2) is 6.23 Å². The highest BCUT2D eigenvalue weighted by molar-refractivity contribution is 7.92. The molecule has 11 heteroatoms. The second kappa shape index (κ2) is 9.81. The number of hydrogen-bond donors (Lipinski definition) is 2. The summed E-state index contributed by atoms with van der Waals surface area (Å²) < 4.78 is 32.9. The Kier molecular flexibility index (Phi) is 6.66. The van der Waals surface area contributed by atoms with E-state index in [1.165, 1.54) is 36.6 Å². The highest BCUT2D eigenvalue weighted by atomic mass is 32.2. The van der Waals surface area contributed by atoms with Gasteiger partial charge in [-0.15, -0.1) is 0 Å². The minimum atomic E-state index is -3.81. The lowest BCUT2D eigenvalue weighted by Crippen LogP contribution is -2.37. The number of amides is 1. The van der Waals surface area contributed by atoms with Gasteiger partial charge in [0.05, 0.1) is 10.8 Å². The number of nitrogens with one attached hydrogen (secondary N) is 1. The molecule has 2 heterocycles. The van der Waals surface area contributed by atoms with Crippen molar-refractivity contribution in [2.24, 2.45) is 11.0 Å². The SMILES string of the molecule is COC1C(/C=C/c2ccc(S(=O)(=O)Nc3ncccn3)cc2)C=NN1C(=O)c1ccc(N)cc1. The van der Waals surface area contributed by atoms with Gasteiger partial charge in [0.2, 0.25) is 5.95 Å². The Balaban J connectivity index is 1.43. The molecule has 1 amide bonds. The van der Waals surface area contributed by atoms with Gasteiger partial charge in [-0.2, -0.15) is 10.1 Å². The minimum absolute atomic E-state index is 0.00401. The highest BCUT2D eigenvalue weighted by Crippen LogP contribution is 2.24. The normalized spacial score (nSPS) is 17.9. The number of aromatic nitrogens is 2. The van der Waals surface area contributed by atoms with Gasteiger partial charge < -0.3 is 10.5 Å². The number of carbonyl (C=O) groups excluding carboxylic acids is 1. The van der Waals surface area contributed by atoms with Gasteiger partial charge in [-0.3, -0.25) is 4.79 Å². The number of rotatable bonds is 7. The van der Waals surface area contributed by atoms with Gasteiger partial charge in [-0.05, 0) is 48.0 Å². The first-order valence-corrected chi connectivity index (χ1v) is 11.7. The van der Waals surface area contributed by atoms with Crippen LogP contribution >= 0.6 is 0 Å².